The summed E-state index contributed by atoms with van der Waals surface area (Å²) < 4.78 is 0. The number of thioether (sulfide) groups is 1. The van der Waals surface area contributed by atoms with E-state index in [9.17, 15) is 14.7 Å². The zero-order valence-electron chi connectivity index (χ0n) is 8.95. The third-order valence-corrected chi connectivity index (χ3v) is 4.17. The number of β-lactam (4-membered cyclic amide) rings is 1. The highest BCUT2D eigenvalue weighted by Crippen LogP contribution is 2.44. The van der Waals surface area contributed by atoms with Gasteiger partial charge in [-0.3, -0.25) is 9.69 Å². The van der Waals surface area contributed by atoms with Crippen LogP contribution in [0.3, 0.4) is 0 Å². The molecule has 0 aromatic heterocycles. The highest BCUT2D eigenvalue weighted by atomic mass is 32.2. The first-order valence-electron chi connectivity index (χ1n) is 4.98. The molecule has 0 spiro atoms. The van der Waals surface area contributed by atoms with Crippen LogP contribution in [0.2, 0.25) is 0 Å². The second kappa shape index (κ2) is 4.05. The first-order chi connectivity index (χ1) is 7.99. The van der Waals surface area contributed by atoms with E-state index in [1.807, 2.05) is 0 Å². The van der Waals surface area contributed by atoms with Crippen LogP contribution in [0, 0.1) is 17.2 Å². The molecule has 3 atom stereocenters. The van der Waals surface area contributed by atoms with Crippen molar-refractivity contribution in [3.05, 3.63) is 11.3 Å². The zero-order valence-corrected chi connectivity index (χ0v) is 9.77. The molecule has 2 N–H and O–H groups in total. The van der Waals surface area contributed by atoms with Gasteiger partial charge in [0.15, 0.2) is 0 Å². The standard InChI is InChI=1S/C10H10N2O4S/c1-4(13)6-8(14)12-7(10(15)16)5(2-11)3-17-9(6)12/h4,6,9,13H,3H2,1H3,(H,15,16)/t4-,6+,9-/m1/s1. The molecule has 0 unspecified atom stereocenters. The first kappa shape index (κ1) is 12.0. The van der Waals surface area contributed by atoms with Crippen molar-refractivity contribution in [2.45, 2.75) is 18.4 Å². The summed E-state index contributed by atoms with van der Waals surface area (Å²) in [5.41, 5.74) is -0.144. The lowest BCUT2D eigenvalue weighted by Gasteiger charge is -2.49. The number of amides is 1. The molecule has 0 aliphatic carbocycles. The third-order valence-electron chi connectivity index (χ3n) is 2.87. The molecule has 0 aromatic rings. The quantitative estimate of drug-likeness (QED) is 0.659. The van der Waals surface area contributed by atoms with Gasteiger partial charge in [0.2, 0.25) is 5.91 Å². The number of hydrogen-bond acceptors (Lipinski definition) is 5. The van der Waals surface area contributed by atoms with Crippen LogP contribution in [0.4, 0.5) is 0 Å². The van der Waals surface area contributed by atoms with E-state index in [0.29, 0.717) is 0 Å². The van der Waals surface area contributed by atoms with Crippen LogP contribution in [-0.4, -0.2) is 44.2 Å². The van der Waals surface area contributed by atoms with Crippen molar-refractivity contribution < 1.29 is 19.8 Å². The molecule has 0 saturated carbocycles. The first-order valence-corrected chi connectivity index (χ1v) is 6.03. The summed E-state index contributed by atoms with van der Waals surface area (Å²) in [4.78, 5) is 23.9. The van der Waals surface area contributed by atoms with Crippen LogP contribution in [0.1, 0.15) is 6.92 Å². The van der Waals surface area contributed by atoms with Gasteiger partial charge in [0.25, 0.3) is 0 Å². The molecule has 7 heteroatoms. The maximum atomic E-state index is 11.8. The lowest BCUT2D eigenvalue weighted by atomic mass is 9.91. The van der Waals surface area contributed by atoms with Crippen molar-refractivity contribution in [2.24, 2.45) is 5.92 Å². The third kappa shape index (κ3) is 1.61. The average Bonchev–Trinajstić information content (AvgIpc) is 2.26. The highest BCUT2D eigenvalue weighted by Gasteiger charge is 2.55. The number of nitrogens with zero attached hydrogens (tertiary/aromatic N) is 2. The number of rotatable bonds is 2. The summed E-state index contributed by atoms with van der Waals surface area (Å²) in [5.74, 6) is -2.02. The molecule has 90 valence electrons. The summed E-state index contributed by atoms with van der Waals surface area (Å²) >= 11 is 1.31. The van der Waals surface area contributed by atoms with E-state index in [4.69, 9.17) is 10.4 Å². The molecule has 1 fully saturated rings. The number of aliphatic hydroxyl groups excluding tert-OH is 1. The number of carbonyl (C=O) groups excluding carboxylic acids is 1. The molecule has 1 saturated heterocycles. The van der Waals surface area contributed by atoms with Crippen molar-refractivity contribution >= 4 is 23.6 Å². The van der Waals surface area contributed by atoms with Crippen LogP contribution < -0.4 is 0 Å². The number of aliphatic hydroxyl groups is 1. The molecule has 6 nitrogen and oxygen atoms in total. The van der Waals surface area contributed by atoms with Gasteiger partial charge < -0.3 is 10.2 Å². The van der Waals surface area contributed by atoms with Gasteiger partial charge in [0.1, 0.15) is 5.70 Å². The predicted molar refractivity (Wildman–Crippen MR) is 58.5 cm³/mol. The van der Waals surface area contributed by atoms with Gasteiger partial charge in [-0.1, -0.05) is 0 Å². The topological polar surface area (TPSA) is 102 Å². The summed E-state index contributed by atoms with van der Waals surface area (Å²) in [6.45, 7) is 1.50. The van der Waals surface area contributed by atoms with Crippen molar-refractivity contribution in [3.63, 3.8) is 0 Å². The van der Waals surface area contributed by atoms with E-state index >= 15 is 0 Å². The zero-order chi connectivity index (χ0) is 12.7. The van der Waals surface area contributed by atoms with E-state index in [1.54, 1.807) is 6.07 Å². The molecule has 1 amide bonds. The van der Waals surface area contributed by atoms with E-state index in [-0.39, 0.29) is 22.4 Å². The average molecular weight is 254 g/mol. The number of carboxylic acid groups (broad SMARTS) is 1. The molecule has 2 aliphatic heterocycles. The van der Waals surface area contributed by atoms with Crippen LogP contribution in [-0.2, 0) is 9.59 Å². The second-order valence-corrected chi connectivity index (χ2v) is 5.03. The van der Waals surface area contributed by atoms with Crippen LogP contribution in [0.5, 0.6) is 0 Å². The van der Waals surface area contributed by atoms with Crippen molar-refractivity contribution in [2.75, 3.05) is 5.75 Å². The molecule has 17 heavy (non-hydrogen) atoms. The van der Waals surface area contributed by atoms with Gasteiger partial charge in [-0.15, -0.1) is 11.8 Å². The van der Waals surface area contributed by atoms with Crippen LogP contribution in [0.25, 0.3) is 0 Å². The monoisotopic (exact) mass is 254 g/mol. The molecule has 0 bridgehead atoms. The number of carbonyl (C=O) groups is 2. The molecule has 0 aromatic carbocycles. The van der Waals surface area contributed by atoms with Crippen LogP contribution in [0.15, 0.2) is 11.3 Å². The van der Waals surface area contributed by atoms with E-state index in [0.717, 1.165) is 4.90 Å². The SMILES string of the molecule is C[C@@H](O)[C@H]1C(=O)N2C(C(=O)O)=C(C#N)CS[C@H]12. The number of fused-ring (bicyclic) bond motifs is 1. The number of aliphatic carboxylic acids is 1. The molecule has 0 radical (unpaired) electrons. The van der Waals surface area contributed by atoms with Gasteiger partial charge in [0.05, 0.1) is 29.0 Å². The maximum Gasteiger partial charge on any atom is 0.353 e. The van der Waals surface area contributed by atoms with Crippen LogP contribution >= 0.6 is 11.8 Å². The Hall–Kier alpha value is -1.52. The molecular weight excluding hydrogens is 244 g/mol. The fraction of sp³-hybridized carbons (Fsp3) is 0.500. The lowest BCUT2D eigenvalue weighted by molar-refractivity contribution is -0.157. The van der Waals surface area contributed by atoms with E-state index in [1.165, 1.54) is 18.7 Å². The Morgan fingerprint density at radius 1 is 1.71 bits per heavy atom. The molecule has 2 aliphatic rings. The Balaban J connectivity index is 2.37. The Bertz CT molecular complexity index is 465. The van der Waals surface area contributed by atoms with Crippen molar-refractivity contribution in [1.29, 1.82) is 5.26 Å². The van der Waals surface area contributed by atoms with Gasteiger partial charge >= 0.3 is 5.97 Å². The minimum Gasteiger partial charge on any atom is -0.477 e. The molecule has 2 rings (SSSR count). The van der Waals surface area contributed by atoms with Gasteiger partial charge in [-0.2, -0.15) is 5.26 Å². The Kier molecular flexibility index (Phi) is 2.85. The number of carboxylic acids is 1. The Morgan fingerprint density at radius 2 is 2.35 bits per heavy atom. The van der Waals surface area contributed by atoms with E-state index < -0.39 is 23.9 Å². The van der Waals surface area contributed by atoms with Crippen molar-refractivity contribution in [1.82, 2.24) is 4.90 Å². The lowest BCUT2D eigenvalue weighted by Crippen LogP contribution is -2.64. The smallest absolute Gasteiger partial charge is 0.353 e. The minimum atomic E-state index is -1.27. The van der Waals surface area contributed by atoms with Gasteiger partial charge in [0, 0.05) is 5.75 Å². The Labute approximate surface area is 102 Å². The summed E-state index contributed by atoms with van der Waals surface area (Å²) in [5, 5.41) is 26.9. The normalized spacial score (nSPS) is 29.2. The largest absolute Gasteiger partial charge is 0.477 e. The fourth-order valence-electron chi connectivity index (χ4n) is 2.05. The number of hydrogen-bond donors (Lipinski definition) is 2. The second-order valence-electron chi connectivity index (χ2n) is 3.92. The predicted octanol–water partition coefficient (Wildman–Crippen LogP) is -0.239. The fourth-order valence-corrected chi connectivity index (χ4v) is 3.49. The molecule has 2 heterocycles. The van der Waals surface area contributed by atoms with E-state index in [2.05, 4.69) is 0 Å². The van der Waals surface area contributed by atoms with Gasteiger partial charge in [-0.05, 0) is 6.92 Å². The minimum absolute atomic E-state index is 0.0937. The van der Waals surface area contributed by atoms with Gasteiger partial charge in [-0.25, -0.2) is 4.79 Å². The highest BCUT2D eigenvalue weighted by molar-refractivity contribution is 8.00. The molecular formula is C10H10N2O4S. The number of nitriles is 1. The summed E-state index contributed by atoms with van der Waals surface area (Å²) in [7, 11) is 0. The maximum absolute atomic E-state index is 11.8. The summed E-state index contributed by atoms with van der Waals surface area (Å²) in [6, 6.07) is 1.81. The van der Waals surface area contributed by atoms with Crippen molar-refractivity contribution in [3.8, 4) is 6.07 Å². The Morgan fingerprint density at radius 3 is 2.82 bits per heavy atom. The summed E-state index contributed by atoms with van der Waals surface area (Å²) in [6.07, 6.45) is -0.810.